The highest BCUT2D eigenvalue weighted by molar-refractivity contribution is 7.99. The highest BCUT2D eigenvalue weighted by Crippen LogP contribution is 2.39. The van der Waals surface area contributed by atoms with E-state index in [0.29, 0.717) is 46.6 Å². The van der Waals surface area contributed by atoms with E-state index >= 15 is 0 Å². The Morgan fingerprint density at radius 2 is 1.81 bits per heavy atom. The van der Waals surface area contributed by atoms with Crippen LogP contribution in [0.1, 0.15) is 29.5 Å². The lowest BCUT2D eigenvalue weighted by Crippen LogP contribution is -2.59. The summed E-state index contributed by atoms with van der Waals surface area (Å²) in [6, 6.07) is 12.5. The lowest BCUT2D eigenvalue weighted by Gasteiger charge is -2.31. The number of nitrogens with two attached hydrogens (primary N) is 2. The zero-order chi connectivity index (χ0) is 36.6. The number of benzene rings is 2. The number of rotatable bonds is 7. The van der Waals surface area contributed by atoms with Crippen molar-refractivity contribution < 1.29 is 14.4 Å². The second-order valence-corrected chi connectivity index (χ2v) is 13.9. The van der Waals surface area contributed by atoms with Gasteiger partial charge in [-0.3, -0.25) is 24.4 Å². The van der Waals surface area contributed by atoms with E-state index in [9.17, 15) is 14.4 Å². The van der Waals surface area contributed by atoms with Gasteiger partial charge in [-0.2, -0.15) is 0 Å². The summed E-state index contributed by atoms with van der Waals surface area (Å²) in [5, 5.41) is 11.3. The number of pyridine rings is 1. The van der Waals surface area contributed by atoms with E-state index in [1.54, 1.807) is 31.8 Å². The first-order chi connectivity index (χ1) is 25.3. The molecule has 6 rings (SSSR count). The number of carbonyl (C=O) groups excluding carboxylic acids is 3. The van der Waals surface area contributed by atoms with Crippen molar-refractivity contribution in [3.63, 3.8) is 0 Å². The predicted molar refractivity (Wildman–Crippen MR) is 201 cm³/mol. The topological polar surface area (TPSA) is 197 Å². The Balaban J connectivity index is 1.44. The van der Waals surface area contributed by atoms with Gasteiger partial charge in [0, 0.05) is 79.3 Å². The molecule has 0 saturated heterocycles. The fraction of sp³-hybridized carbons (Fsp3) is 0.297. The van der Waals surface area contributed by atoms with Crippen molar-refractivity contribution in [1.29, 1.82) is 0 Å². The van der Waals surface area contributed by atoms with Crippen molar-refractivity contribution in [3.05, 3.63) is 101 Å². The summed E-state index contributed by atoms with van der Waals surface area (Å²) in [5.41, 5.74) is 16.6. The Morgan fingerprint density at radius 1 is 0.962 bits per heavy atom. The van der Waals surface area contributed by atoms with Gasteiger partial charge in [0.25, 0.3) is 0 Å². The van der Waals surface area contributed by atoms with Crippen LogP contribution in [0.15, 0.2) is 89.4 Å². The fourth-order valence-electron chi connectivity index (χ4n) is 6.23. The first-order valence-electron chi connectivity index (χ1n) is 17.0. The van der Waals surface area contributed by atoms with Gasteiger partial charge < -0.3 is 37.3 Å². The molecule has 270 valence electrons. The lowest BCUT2D eigenvalue weighted by molar-refractivity contribution is -0.141. The molecule has 0 saturated carbocycles. The fourth-order valence-corrected chi connectivity index (χ4v) is 7.58. The van der Waals surface area contributed by atoms with Crippen molar-refractivity contribution in [2.45, 2.75) is 60.4 Å². The van der Waals surface area contributed by atoms with Gasteiger partial charge in [-0.1, -0.05) is 47.6 Å². The molecule has 8 N–H and O–H groups in total. The number of carbonyl (C=O) groups is 3. The van der Waals surface area contributed by atoms with Crippen LogP contribution in [0.3, 0.4) is 0 Å². The number of hydrogen-bond donors (Lipinski definition) is 6. The highest BCUT2D eigenvalue weighted by atomic mass is 35.5. The molecule has 4 heterocycles. The number of likely N-dealkylation sites (N-methyl/N-ethyl adjacent to an activating group) is 1. The number of H-pyrrole nitrogens is 1. The summed E-state index contributed by atoms with van der Waals surface area (Å²) in [6.45, 7) is 0.604. The smallest absolute Gasteiger partial charge is 0.246 e. The quantitative estimate of drug-likeness (QED) is 0.144. The van der Waals surface area contributed by atoms with Crippen LogP contribution < -0.4 is 27.4 Å². The molecule has 0 unspecified atom stereocenters. The van der Waals surface area contributed by atoms with Crippen LogP contribution in [0.4, 0.5) is 0 Å². The minimum atomic E-state index is -1.08. The molecule has 0 bridgehead atoms. The van der Waals surface area contributed by atoms with Crippen LogP contribution in [0.25, 0.3) is 22.2 Å². The van der Waals surface area contributed by atoms with Crippen molar-refractivity contribution in [2.75, 3.05) is 20.1 Å². The van der Waals surface area contributed by atoms with Gasteiger partial charge in [-0.05, 0) is 60.3 Å². The van der Waals surface area contributed by atoms with Gasteiger partial charge >= 0.3 is 0 Å². The summed E-state index contributed by atoms with van der Waals surface area (Å²) < 4.78 is 0. The van der Waals surface area contributed by atoms with Gasteiger partial charge in [-0.15, -0.1) is 0 Å². The number of fused-ring (bicyclic) bond motifs is 3. The number of halogens is 1. The van der Waals surface area contributed by atoms with Crippen molar-refractivity contribution in [3.8, 4) is 11.3 Å². The van der Waals surface area contributed by atoms with Crippen LogP contribution in [0.5, 0.6) is 0 Å². The average molecular weight is 741 g/mol. The van der Waals surface area contributed by atoms with Crippen LogP contribution in [-0.2, 0) is 33.9 Å². The number of aromatic amines is 1. The summed E-state index contributed by atoms with van der Waals surface area (Å²) in [6.07, 6.45) is 9.58. The largest absolute Gasteiger partial charge is 0.361 e. The summed E-state index contributed by atoms with van der Waals surface area (Å²) in [7, 11) is 1.56. The summed E-state index contributed by atoms with van der Waals surface area (Å²) >= 11 is 8.38. The molecule has 2 aromatic carbocycles. The Morgan fingerprint density at radius 3 is 2.60 bits per heavy atom. The van der Waals surface area contributed by atoms with Crippen LogP contribution in [0.2, 0.25) is 5.02 Å². The third-order valence-corrected chi connectivity index (χ3v) is 10.7. The maximum absolute atomic E-state index is 14.3. The Kier molecular flexibility index (Phi) is 12.1. The van der Waals surface area contributed by atoms with Crippen LogP contribution >= 0.6 is 23.4 Å². The molecule has 0 aliphatic carbocycles. The molecule has 3 atom stereocenters. The second kappa shape index (κ2) is 17.1. The van der Waals surface area contributed by atoms with Gasteiger partial charge in [0.2, 0.25) is 17.7 Å². The van der Waals surface area contributed by atoms with Gasteiger partial charge in [-0.25, -0.2) is 4.98 Å². The molecule has 0 spiro atoms. The average Bonchev–Trinajstić information content (AvgIpc) is 3.58. The SMILES string of the molecule is CN1C(=O)[C@H](CN)NC(=O)[C@H](CCCN)NCc2cccnc2Sc2c(Cl)cc(-c3cnccn3)cc2CNC(=O)[C@@H]1Cc1c[nH]c2ccccc12. The number of aromatic nitrogens is 4. The molecule has 0 fully saturated rings. The Bertz CT molecular complexity index is 2050. The predicted octanol–water partition coefficient (Wildman–Crippen LogP) is 3.16. The second-order valence-electron chi connectivity index (χ2n) is 12.5. The molecule has 15 heteroatoms. The number of nitrogens with zero attached hydrogens (tertiary/aromatic N) is 4. The van der Waals surface area contributed by atoms with E-state index in [1.807, 2.05) is 54.7 Å². The summed E-state index contributed by atoms with van der Waals surface area (Å²) in [5.74, 6) is -1.28. The minimum Gasteiger partial charge on any atom is -0.361 e. The van der Waals surface area contributed by atoms with Gasteiger partial charge in [0.15, 0.2) is 0 Å². The zero-order valence-corrected chi connectivity index (χ0v) is 30.2. The summed E-state index contributed by atoms with van der Waals surface area (Å²) in [4.78, 5) is 60.8. The highest BCUT2D eigenvalue weighted by Gasteiger charge is 2.34. The van der Waals surface area contributed by atoms with E-state index in [0.717, 1.165) is 33.2 Å². The molecule has 5 aromatic rings. The molecule has 3 aromatic heterocycles. The van der Waals surface area contributed by atoms with E-state index in [4.69, 9.17) is 23.1 Å². The number of amides is 3. The van der Waals surface area contributed by atoms with Crippen molar-refractivity contribution >= 4 is 52.0 Å². The van der Waals surface area contributed by atoms with E-state index in [-0.39, 0.29) is 19.5 Å². The first-order valence-corrected chi connectivity index (χ1v) is 18.2. The van der Waals surface area contributed by atoms with E-state index in [2.05, 4.69) is 35.9 Å². The monoisotopic (exact) mass is 740 g/mol. The third-order valence-electron chi connectivity index (χ3n) is 9.09. The molecule has 13 nitrogen and oxygen atoms in total. The maximum atomic E-state index is 14.3. The normalized spacial score (nSPS) is 19.0. The molecule has 52 heavy (non-hydrogen) atoms. The Labute approximate surface area is 310 Å². The van der Waals surface area contributed by atoms with Crippen LogP contribution in [-0.4, -0.2) is 80.8 Å². The van der Waals surface area contributed by atoms with E-state index < -0.39 is 35.8 Å². The van der Waals surface area contributed by atoms with Crippen molar-refractivity contribution in [2.24, 2.45) is 11.5 Å². The molecular formula is C37H41ClN10O3S. The molecule has 3 amide bonds. The minimum absolute atomic E-state index is 0.0834. The van der Waals surface area contributed by atoms with E-state index in [1.165, 1.54) is 16.7 Å². The number of para-hydroxylation sites is 1. The number of hydrogen-bond acceptors (Lipinski definition) is 10. The standard InChI is InChI=1S/C37H41ClN10O3S/c1-48-32(16-24-19-44-28-8-3-2-7-26(24)28)35(50)46-20-25-14-23(31-21-41-12-13-42-31)15-27(38)33(25)52-36-22(6-5-11-43-36)18-45-29(9-4-10-39)34(49)47-30(17-40)37(48)51/h2-3,5-8,11-15,19,21,29-30,32,44-45H,4,9-10,16-18,20,39-40H2,1H3,(H,46,50)(H,47,49)/t29-,30-,32-/m0/s1. The molecule has 0 radical (unpaired) electrons. The first kappa shape index (κ1) is 36.9. The maximum Gasteiger partial charge on any atom is 0.246 e. The van der Waals surface area contributed by atoms with Crippen molar-refractivity contribution in [1.82, 2.24) is 40.8 Å². The molecular weight excluding hydrogens is 700 g/mol. The third kappa shape index (κ3) is 8.43. The lowest BCUT2D eigenvalue weighted by atomic mass is 10.0. The zero-order valence-electron chi connectivity index (χ0n) is 28.6. The number of nitrogens with one attached hydrogen (secondary N) is 4. The van der Waals surface area contributed by atoms with Gasteiger partial charge in [0.1, 0.15) is 17.1 Å². The molecule has 1 aliphatic heterocycles. The van der Waals surface area contributed by atoms with Gasteiger partial charge in [0.05, 0.1) is 23.0 Å². The molecule has 1 aliphatic rings. The van der Waals surface area contributed by atoms with Crippen LogP contribution in [0, 0.1) is 0 Å². The Hall–Kier alpha value is -4.86.